The highest BCUT2D eigenvalue weighted by Gasteiger charge is 2.42. The van der Waals surface area contributed by atoms with Gasteiger partial charge in [0, 0.05) is 71.3 Å². The smallest absolute Gasteiger partial charge is 0.0541 e. The summed E-state index contributed by atoms with van der Waals surface area (Å²) in [5.74, 6) is 0. The summed E-state index contributed by atoms with van der Waals surface area (Å²) in [6, 6.07) is 100. The van der Waals surface area contributed by atoms with E-state index in [4.69, 9.17) is 0 Å². The molecule has 0 bridgehead atoms. The third kappa shape index (κ3) is 10.4. The molecule has 0 saturated heterocycles. The molecule has 4 heterocycles. The Hall–Kier alpha value is -10.2. The SMILES string of the molecule is Cc1ccc2c(c1)C(CCCCCCCCc1ccc3c(c1)c1ccccc1n3-c1ccc(-n3c4ccccc4c4ccccc43)cc1)(CCCCCCCCc1ccc3c(c1)c1ccccc1n3-c1ccc(-n3c4ccccc4c4ccccc43)cc1)c1cc(C)ccc1-2. The van der Waals surface area contributed by atoms with E-state index in [0.29, 0.717) is 0 Å². The highest BCUT2D eigenvalue weighted by molar-refractivity contribution is 6.12. The molecule has 0 aliphatic heterocycles. The fraction of sp³-hybridized carbons (Fsp3) is 0.209. The third-order valence-corrected chi connectivity index (χ3v) is 21.7. The molecule has 12 aromatic carbocycles. The number of aryl methyl sites for hydroxylation is 4. The molecule has 0 amide bonds. The summed E-state index contributed by atoms with van der Waals surface area (Å²) in [5.41, 5.74) is 26.6. The second-order valence-corrected chi connectivity index (χ2v) is 27.6. The topological polar surface area (TPSA) is 19.7 Å². The molecular weight excluding hydrogens is 1150 g/mol. The molecule has 95 heavy (non-hydrogen) atoms. The van der Waals surface area contributed by atoms with Crippen LogP contribution in [-0.4, -0.2) is 18.3 Å². The van der Waals surface area contributed by atoms with E-state index in [0.717, 1.165) is 12.8 Å². The summed E-state index contributed by atoms with van der Waals surface area (Å²) >= 11 is 0. The molecule has 17 rings (SSSR count). The van der Waals surface area contributed by atoms with E-state index in [1.807, 2.05) is 0 Å². The fourth-order valence-electron chi connectivity index (χ4n) is 17.1. The van der Waals surface area contributed by atoms with Gasteiger partial charge in [0.1, 0.15) is 0 Å². The minimum absolute atomic E-state index is 0.0834. The van der Waals surface area contributed by atoms with E-state index >= 15 is 0 Å². The van der Waals surface area contributed by atoms with Crippen LogP contribution in [0.25, 0.3) is 121 Å². The Balaban J connectivity index is 0.513. The van der Waals surface area contributed by atoms with E-state index in [1.54, 1.807) is 11.1 Å². The van der Waals surface area contributed by atoms with Gasteiger partial charge in [0.15, 0.2) is 0 Å². The van der Waals surface area contributed by atoms with Gasteiger partial charge in [-0.15, -0.1) is 0 Å². The molecule has 0 radical (unpaired) electrons. The average molecular weight is 1230 g/mol. The van der Waals surface area contributed by atoms with Crippen molar-refractivity contribution in [2.45, 2.75) is 122 Å². The second kappa shape index (κ2) is 25.0. The summed E-state index contributed by atoms with van der Waals surface area (Å²) in [4.78, 5) is 0. The van der Waals surface area contributed by atoms with Crippen LogP contribution in [0.3, 0.4) is 0 Å². The molecule has 0 N–H and O–H groups in total. The Morgan fingerprint density at radius 1 is 0.232 bits per heavy atom. The van der Waals surface area contributed by atoms with E-state index in [2.05, 4.69) is 299 Å². The van der Waals surface area contributed by atoms with E-state index in [9.17, 15) is 0 Å². The number of unbranched alkanes of at least 4 members (excludes halogenated alkanes) is 10. The predicted molar refractivity (Wildman–Crippen MR) is 404 cm³/mol. The normalized spacial score (nSPS) is 12.9. The van der Waals surface area contributed by atoms with E-state index < -0.39 is 0 Å². The molecule has 466 valence electrons. The van der Waals surface area contributed by atoms with Crippen molar-refractivity contribution >= 4 is 87.2 Å². The first-order valence-electron chi connectivity index (χ1n) is 35.4. The highest BCUT2D eigenvalue weighted by Crippen LogP contribution is 2.55. The molecule has 16 aromatic rings. The molecule has 1 aliphatic carbocycles. The quantitative estimate of drug-likeness (QED) is 0.0603. The molecule has 0 saturated carbocycles. The molecule has 0 fully saturated rings. The highest BCUT2D eigenvalue weighted by atomic mass is 15.0. The Bertz CT molecular complexity index is 5080. The Kier molecular flexibility index (Phi) is 15.4. The van der Waals surface area contributed by atoms with Crippen molar-refractivity contribution in [2.75, 3.05) is 0 Å². The third-order valence-electron chi connectivity index (χ3n) is 21.7. The Labute approximate surface area is 558 Å². The van der Waals surface area contributed by atoms with E-state index in [-0.39, 0.29) is 5.41 Å². The van der Waals surface area contributed by atoms with Gasteiger partial charge in [-0.3, -0.25) is 0 Å². The number of aromatic nitrogens is 4. The molecule has 4 nitrogen and oxygen atoms in total. The summed E-state index contributed by atoms with van der Waals surface area (Å²) < 4.78 is 9.72. The number of para-hydroxylation sites is 6. The monoisotopic (exact) mass is 1230 g/mol. The van der Waals surface area contributed by atoms with Gasteiger partial charge in [0.25, 0.3) is 0 Å². The molecule has 4 heteroatoms. The van der Waals surface area contributed by atoms with E-state index in [1.165, 1.54) is 233 Å². The van der Waals surface area contributed by atoms with Crippen LogP contribution in [0.5, 0.6) is 0 Å². The van der Waals surface area contributed by atoms with Crippen molar-refractivity contribution in [3.63, 3.8) is 0 Å². The largest absolute Gasteiger partial charge is 0.309 e. The number of rotatable bonds is 22. The molecule has 0 unspecified atom stereocenters. The lowest BCUT2D eigenvalue weighted by atomic mass is 9.70. The first-order chi connectivity index (χ1) is 47.0. The molecule has 0 atom stereocenters. The van der Waals surface area contributed by atoms with Crippen molar-refractivity contribution in [3.8, 4) is 33.9 Å². The predicted octanol–water partition coefficient (Wildman–Crippen LogP) is 24.9. The second-order valence-electron chi connectivity index (χ2n) is 27.6. The van der Waals surface area contributed by atoms with Crippen LogP contribution in [0, 0.1) is 13.8 Å². The maximum atomic E-state index is 2.56. The van der Waals surface area contributed by atoms with Gasteiger partial charge in [-0.25, -0.2) is 0 Å². The number of fused-ring (bicyclic) bond motifs is 15. The molecular formula is C91H82N4. The first-order valence-corrected chi connectivity index (χ1v) is 35.4. The summed E-state index contributed by atoms with van der Waals surface area (Å²) in [6.07, 6.45) is 20.0. The summed E-state index contributed by atoms with van der Waals surface area (Å²) in [6.45, 7) is 4.60. The van der Waals surface area contributed by atoms with Crippen LogP contribution in [0.4, 0.5) is 0 Å². The Morgan fingerprint density at radius 3 is 0.811 bits per heavy atom. The summed E-state index contributed by atoms with van der Waals surface area (Å²) in [5, 5.41) is 10.5. The van der Waals surface area contributed by atoms with Gasteiger partial charge >= 0.3 is 0 Å². The van der Waals surface area contributed by atoms with Crippen molar-refractivity contribution in [3.05, 3.63) is 300 Å². The number of benzene rings is 12. The maximum Gasteiger partial charge on any atom is 0.0541 e. The lowest BCUT2D eigenvalue weighted by molar-refractivity contribution is 0.397. The van der Waals surface area contributed by atoms with Crippen LogP contribution in [0.1, 0.15) is 123 Å². The molecule has 1 aliphatic rings. The Morgan fingerprint density at radius 2 is 0.495 bits per heavy atom. The van der Waals surface area contributed by atoms with Crippen LogP contribution >= 0.6 is 0 Å². The van der Waals surface area contributed by atoms with Gasteiger partial charge in [-0.2, -0.15) is 0 Å². The van der Waals surface area contributed by atoms with Crippen molar-refractivity contribution < 1.29 is 0 Å². The molecule has 0 spiro atoms. The zero-order chi connectivity index (χ0) is 63.4. The van der Waals surface area contributed by atoms with Crippen molar-refractivity contribution in [1.29, 1.82) is 0 Å². The van der Waals surface area contributed by atoms with Gasteiger partial charge in [0.05, 0.1) is 44.1 Å². The number of hydrogen-bond donors (Lipinski definition) is 0. The van der Waals surface area contributed by atoms with Crippen LogP contribution in [0.2, 0.25) is 0 Å². The van der Waals surface area contributed by atoms with Gasteiger partial charge in [-0.05, 0) is 195 Å². The average Bonchev–Trinajstić information content (AvgIpc) is 1.59. The minimum atomic E-state index is 0.0834. The van der Waals surface area contributed by atoms with Crippen LogP contribution in [0.15, 0.2) is 267 Å². The fourth-order valence-corrected chi connectivity index (χ4v) is 17.1. The van der Waals surface area contributed by atoms with Gasteiger partial charge in [0.2, 0.25) is 0 Å². The summed E-state index contributed by atoms with van der Waals surface area (Å²) in [7, 11) is 0. The van der Waals surface area contributed by atoms with Crippen molar-refractivity contribution in [2.24, 2.45) is 0 Å². The first kappa shape index (κ1) is 58.6. The maximum absolute atomic E-state index is 2.56. The lowest BCUT2D eigenvalue weighted by Gasteiger charge is -2.33. The number of nitrogens with zero attached hydrogens (tertiary/aromatic N) is 4. The van der Waals surface area contributed by atoms with Crippen molar-refractivity contribution in [1.82, 2.24) is 18.3 Å². The standard InChI is InChI=1S/C91H82N4/c1-63-41-53-71-72-54-42-64(2)60-82(72)91(81(71)59-63,57-25-9-5-3-7-11-27-65-43-55-89-79(61-65)77-33-17-23-39-87(77)94(89)69-49-45-67(46-50-69)92-83-35-19-13-29-73(83)74-30-14-20-36-84(74)92)58-26-10-6-4-8-12-28-66-44-56-90-80(62-66)78-34-18-24-40-88(78)95(90)70-51-47-68(48-52-70)93-85-37-21-15-31-75(85)76-32-16-22-38-86(76)93/h13-24,29-56,59-62H,3-12,25-28,57-58H2,1-2H3. The van der Waals surface area contributed by atoms with Gasteiger partial charge < -0.3 is 18.3 Å². The zero-order valence-corrected chi connectivity index (χ0v) is 55.0. The molecule has 4 aromatic heterocycles. The number of hydrogen-bond acceptors (Lipinski definition) is 0. The minimum Gasteiger partial charge on any atom is -0.309 e. The van der Waals surface area contributed by atoms with Crippen LogP contribution < -0.4 is 0 Å². The van der Waals surface area contributed by atoms with Crippen LogP contribution in [-0.2, 0) is 18.3 Å². The lowest BCUT2D eigenvalue weighted by Crippen LogP contribution is -2.25. The zero-order valence-electron chi connectivity index (χ0n) is 55.0. The van der Waals surface area contributed by atoms with Gasteiger partial charge in [-0.1, -0.05) is 233 Å².